The summed E-state index contributed by atoms with van der Waals surface area (Å²) in [7, 11) is 0. The zero-order valence-electron chi connectivity index (χ0n) is 11.8. The van der Waals surface area contributed by atoms with Gasteiger partial charge in [-0.25, -0.2) is 4.98 Å². The minimum Gasteiger partial charge on any atom is -0.481 e. The number of hydrogen-bond acceptors (Lipinski definition) is 3. The van der Waals surface area contributed by atoms with E-state index < -0.39 is 6.10 Å². The molecule has 0 aliphatic carbocycles. The van der Waals surface area contributed by atoms with Crippen LogP contribution in [0.15, 0.2) is 47.5 Å². The number of carbonyl (C=O) groups is 1. The third kappa shape index (κ3) is 5.23. The van der Waals surface area contributed by atoms with E-state index in [0.717, 1.165) is 17.4 Å². The number of benzene rings is 1. The number of nitrogens with one attached hydrogen (secondary N) is 1. The molecular weight excluding hydrogens is 334 g/mol. The van der Waals surface area contributed by atoms with Crippen LogP contribution in [0, 0.1) is 0 Å². The van der Waals surface area contributed by atoms with Crippen molar-refractivity contribution in [3.05, 3.63) is 47.5 Å². The minimum absolute atomic E-state index is 0.108. The van der Waals surface area contributed by atoms with Gasteiger partial charge in [-0.1, -0.05) is 15.9 Å². The van der Waals surface area contributed by atoms with Crippen LogP contribution >= 0.6 is 15.9 Å². The lowest BCUT2D eigenvalue weighted by atomic mass is 10.3. The third-order valence-electron chi connectivity index (χ3n) is 2.95. The van der Waals surface area contributed by atoms with Gasteiger partial charge in [0.2, 0.25) is 0 Å². The number of carbonyl (C=O) groups excluding carboxylic acids is 1. The minimum atomic E-state index is -0.514. The first-order chi connectivity index (χ1) is 10.1. The normalized spacial score (nSPS) is 11.9. The zero-order valence-corrected chi connectivity index (χ0v) is 13.4. The smallest absolute Gasteiger partial charge is 0.260 e. The topological polar surface area (TPSA) is 56.1 Å². The monoisotopic (exact) mass is 351 g/mol. The molecule has 1 aromatic heterocycles. The van der Waals surface area contributed by atoms with Crippen LogP contribution in [0.3, 0.4) is 0 Å². The Morgan fingerprint density at radius 3 is 2.86 bits per heavy atom. The molecule has 0 aliphatic heterocycles. The largest absolute Gasteiger partial charge is 0.481 e. The number of amides is 1. The number of aryl methyl sites for hydroxylation is 1. The summed E-state index contributed by atoms with van der Waals surface area (Å²) in [5, 5.41) is 2.87. The number of hydrogen-bond donors (Lipinski definition) is 1. The van der Waals surface area contributed by atoms with E-state index in [1.54, 1.807) is 19.4 Å². The van der Waals surface area contributed by atoms with Gasteiger partial charge in [0.1, 0.15) is 5.75 Å². The van der Waals surface area contributed by atoms with Crippen molar-refractivity contribution < 1.29 is 9.53 Å². The number of rotatable bonds is 7. The first kappa shape index (κ1) is 15.6. The molecular formula is C15H18BrN3O2. The van der Waals surface area contributed by atoms with Crippen molar-refractivity contribution >= 4 is 21.8 Å². The molecule has 6 heteroatoms. The molecule has 1 N–H and O–H groups in total. The lowest BCUT2D eigenvalue weighted by Crippen LogP contribution is -2.37. The SMILES string of the molecule is CC(Oc1ccc(Br)cc1)C(=O)NCCCn1ccnc1. The van der Waals surface area contributed by atoms with Gasteiger partial charge >= 0.3 is 0 Å². The zero-order chi connectivity index (χ0) is 15.1. The lowest BCUT2D eigenvalue weighted by Gasteiger charge is -2.14. The van der Waals surface area contributed by atoms with Crippen LogP contribution in [0.5, 0.6) is 5.75 Å². The molecule has 1 aromatic carbocycles. The summed E-state index contributed by atoms with van der Waals surface area (Å²) >= 11 is 3.36. The molecule has 0 fully saturated rings. The average molecular weight is 352 g/mol. The number of imidazole rings is 1. The van der Waals surface area contributed by atoms with Gasteiger partial charge in [-0.15, -0.1) is 0 Å². The Morgan fingerprint density at radius 2 is 2.19 bits per heavy atom. The van der Waals surface area contributed by atoms with Crippen LogP contribution in [-0.2, 0) is 11.3 Å². The van der Waals surface area contributed by atoms with E-state index in [0.29, 0.717) is 12.3 Å². The average Bonchev–Trinajstić information content (AvgIpc) is 2.99. The predicted molar refractivity (Wildman–Crippen MR) is 84.1 cm³/mol. The van der Waals surface area contributed by atoms with Crippen LogP contribution in [-0.4, -0.2) is 28.1 Å². The van der Waals surface area contributed by atoms with E-state index in [9.17, 15) is 4.79 Å². The Bertz CT molecular complexity index is 555. The molecule has 112 valence electrons. The van der Waals surface area contributed by atoms with Crippen LogP contribution < -0.4 is 10.1 Å². The fourth-order valence-electron chi connectivity index (χ4n) is 1.81. The second kappa shape index (κ2) is 7.83. The first-order valence-electron chi connectivity index (χ1n) is 6.81. The van der Waals surface area contributed by atoms with E-state index >= 15 is 0 Å². The van der Waals surface area contributed by atoms with E-state index in [1.165, 1.54) is 0 Å². The van der Waals surface area contributed by atoms with Crippen LogP contribution in [0.25, 0.3) is 0 Å². The highest BCUT2D eigenvalue weighted by molar-refractivity contribution is 9.10. The van der Waals surface area contributed by atoms with Gasteiger partial charge in [0, 0.05) is 30.0 Å². The maximum absolute atomic E-state index is 11.9. The standard InChI is InChI=1S/C15H18BrN3O2/c1-12(21-14-5-3-13(16)4-6-14)15(20)18-7-2-9-19-10-8-17-11-19/h3-6,8,10-12H,2,7,9H2,1H3,(H,18,20). The van der Waals surface area contributed by atoms with Gasteiger partial charge in [0.25, 0.3) is 5.91 Å². The maximum Gasteiger partial charge on any atom is 0.260 e. The van der Waals surface area contributed by atoms with Gasteiger partial charge in [0.15, 0.2) is 6.10 Å². The molecule has 1 atom stereocenters. The Labute approximate surface area is 132 Å². The molecule has 0 radical (unpaired) electrons. The highest BCUT2D eigenvalue weighted by Gasteiger charge is 2.13. The van der Waals surface area contributed by atoms with E-state index in [2.05, 4.69) is 26.2 Å². The quantitative estimate of drug-likeness (QED) is 0.780. The summed E-state index contributed by atoms with van der Waals surface area (Å²) in [4.78, 5) is 15.9. The first-order valence-corrected chi connectivity index (χ1v) is 7.60. The van der Waals surface area contributed by atoms with E-state index in [1.807, 2.05) is 35.0 Å². The molecule has 2 aromatic rings. The molecule has 0 saturated carbocycles. The third-order valence-corrected chi connectivity index (χ3v) is 3.48. The van der Waals surface area contributed by atoms with Gasteiger partial charge in [-0.2, -0.15) is 0 Å². The number of halogens is 1. The summed E-state index contributed by atoms with van der Waals surface area (Å²) in [5.41, 5.74) is 0. The number of nitrogens with zero attached hydrogens (tertiary/aromatic N) is 2. The summed E-state index contributed by atoms with van der Waals surface area (Å²) in [6.07, 6.45) is 5.75. The Kier molecular flexibility index (Phi) is 5.80. The fraction of sp³-hybridized carbons (Fsp3) is 0.333. The van der Waals surface area contributed by atoms with E-state index in [-0.39, 0.29) is 5.91 Å². The van der Waals surface area contributed by atoms with Gasteiger partial charge in [0.05, 0.1) is 6.33 Å². The maximum atomic E-state index is 11.9. The molecule has 1 heterocycles. The van der Waals surface area contributed by atoms with Crippen molar-refractivity contribution in [2.75, 3.05) is 6.54 Å². The summed E-state index contributed by atoms with van der Waals surface area (Å²) < 4.78 is 8.54. The highest BCUT2D eigenvalue weighted by atomic mass is 79.9. The highest BCUT2D eigenvalue weighted by Crippen LogP contribution is 2.17. The van der Waals surface area contributed by atoms with Crippen LogP contribution in [0.4, 0.5) is 0 Å². The van der Waals surface area contributed by atoms with Crippen molar-refractivity contribution in [3.8, 4) is 5.75 Å². The van der Waals surface area contributed by atoms with E-state index in [4.69, 9.17) is 4.74 Å². The van der Waals surface area contributed by atoms with Gasteiger partial charge in [-0.3, -0.25) is 4.79 Å². The Hall–Kier alpha value is -1.82. The van der Waals surface area contributed by atoms with Crippen molar-refractivity contribution in [1.29, 1.82) is 0 Å². The molecule has 0 aliphatic rings. The Morgan fingerprint density at radius 1 is 1.43 bits per heavy atom. The molecule has 0 spiro atoms. The van der Waals surface area contributed by atoms with Crippen molar-refractivity contribution in [3.63, 3.8) is 0 Å². The van der Waals surface area contributed by atoms with Crippen molar-refractivity contribution in [2.45, 2.75) is 26.0 Å². The molecule has 5 nitrogen and oxygen atoms in total. The number of aromatic nitrogens is 2. The predicted octanol–water partition coefficient (Wildman–Crippen LogP) is 2.62. The second-order valence-corrected chi connectivity index (χ2v) is 5.57. The number of ether oxygens (including phenoxy) is 1. The van der Waals surface area contributed by atoms with Crippen molar-refractivity contribution in [2.24, 2.45) is 0 Å². The molecule has 21 heavy (non-hydrogen) atoms. The molecule has 2 rings (SSSR count). The molecule has 0 saturated heterocycles. The van der Waals surface area contributed by atoms with Crippen molar-refractivity contribution in [1.82, 2.24) is 14.9 Å². The second-order valence-electron chi connectivity index (χ2n) is 4.66. The van der Waals surface area contributed by atoms with Gasteiger partial charge in [-0.05, 0) is 37.6 Å². The van der Waals surface area contributed by atoms with Crippen LogP contribution in [0.2, 0.25) is 0 Å². The molecule has 0 bridgehead atoms. The lowest BCUT2D eigenvalue weighted by molar-refractivity contribution is -0.127. The van der Waals surface area contributed by atoms with Crippen LogP contribution in [0.1, 0.15) is 13.3 Å². The summed E-state index contributed by atoms with van der Waals surface area (Å²) in [6.45, 7) is 3.19. The Balaban J connectivity index is 1.68. The molecule has 1 amide bonds. The summed E-state index contributed by atoms with van der Waals surface area (Å²) in [6, 6.07) is 7.41. The fourth-order valence-corrected chi connectivity index (χ4v) is 2.07. The van der Waals surface area contributed by atoms with Gasteiger partial charge < -0.3 is 14.6 Å². The summed E-state index contributed by atoms with van der Waals surface area (Å²) in [5.74, 6) is 0.572. The molecule has 1 unspecified atom stereocenters.